The van der Waals surface area contributed by atoms with Crippen molar-refractivity contribution in [1.82, 2.24) is 10.2 Å². The molecule has 34 heavy (non-hydrogen) atoms. The van der Waals surface area contributed by atoms with Crippen LogP contribution in [0.5, 0.6) is 5.75 Å². The highest BCUT2D eigenvalue weighted by atomic mass is 16.3. The summed E-state index contributed by atoms with van der Waals surface area (Å²) in [7, 11) is 0. The first-order valence-corrected chi connectivity index (χ1v) is 12.7. The number of Topliss-reactive ketones (excluding diaryl/α,β-unsaturated/α-hetero) is 1. The molecular formula is C30H38N2O2. The fourth-order valence-corrected chi connectivity index (χ4v) is 5.47. The summed E-state index contributed by atoms with van der Waals surface area (Å²) in [6.07, 6.45) is 10.1. The van der Waals surface area contributed by atoms with Crippen molar-refractivity contribution in [2.75, 3.05) is 13.1 Å². The van der Waals surface area contributed by atoms with E-state index in [1.807, 2.05) is 6.07 Å². The fraction of sp³-hybridized carbons (Fsp3) is 0.433. The highest BCUT2D eigenvalue weighted by molar-refractivity contribution is 5.88. The van der Waals surface area contributed by atoms with Crippen molar-refractivity contribution < 1.29 is 9.90 Å². The molecule has 0 bridgehead atoms. The maximum atomic E-state index is 12.5. The van der Waals surface area contributed by atoms with E-state index >= 15 is 0 Å². The van der Waals surface area contributed by atoms with Crippen LogP contribution in [-0.4, -0.2) is 28.9 Å². The normalized spacial score (nSPS) is 21.3. The molecule has 1 fully saturated rings. The second-order valence-corrected chi connectivity index (χ2v) is 9.75. The van der Waals surface area contributed by atoms with Crippen LogP contribution in [0.25, 0.3) is 6.08 Å². The van der Waals surface area contributed by atoms with Crippen LogP contribution >= 0.6 is 0 Å². The summed E-state index contributed by atoms with van der Waals surface area (Å²) in [6.45, 7) is 17.5. The van der Waals surface area contributed by atoms with Crippen LogP contribution in [0.15, 0.2) is 65.1 Å². The summed E-state index contributed by atoms with van der Waals surface area (Å²) in [6, 6.07) is 3.76. The van der Waals surface area contributed by atoms with Gasteiger partial charge in [-0.05, 0) is 84.4 Å². The number of phenols is 1. The molecule has 3 aliphatic rings. The number of hydrogen-bond donors (Lipinski definition) is 2. The van der Waals surface area contributed by atoms with Crippen LogP contribution in [-0.2, 0) is 11.3 Å². The van der Waals surface area contributed by atoms with E-state index in [1.165, 1.54) is 18.4 Å². The Kier molecular flexibility index (Phi) is 7.27. The summed E-state index contributed by atoms with van der Waals surface area (Å²) in [5, 5.41) is 14.2. The van der Waals surface area contributed by atoms with E-state index in [9.17, 15) is 9.90 Å². The number of ketones is 1. The second-order valence-electron chi connectivity index (χ2n) is 9.75. The van der Waals surface area contributed by atoms with Gasteiger partial charge in [-0.2, -0.15) is 0 Å². The Morgan fingerprint density at radius 2 is 2.00 bits per heavy atom. The Labute approximate surface area is 204 Å². The van der Waals surface area contributed by atoms with E-state index in [-0.39, 0.29) is 5.92 Å². The maximum absolute atomic E-state index is 12.5. The molecule has 1 unspecified atom stereocenters. The lowest BCUT2D eigenvalue weighted by atomic mass is 9.77. The molecule has 1 atom stereocenters. The molecule has 0 aromatic heterocycles. The lowest BCUT2D eigenvalue weighted by Gasteiger charge is -2.35. The number of unbranched alkanes of at least 4 members (excludes halogenated alkanes) is 2. The van der Waals surface area contributed by atoms with E-state index in [4.69, 9.17) is 0 Å². The lowest BCUT2D eigenvalue weighted by molar-refractivity contribution is -0.122. The molecule has 0 amide bonds. The molecular weight excluding hydrogens is 420 g/mol. The molecule has 1 aromatic rings. The topological polar surface area (TPSA) is 52.6 Å². The Bertz CT molecular complexity index is 1120. The number of carbonyl (C=O) groups is 1. The number of nitrogens with one attached hydrogen (secondary N) is 1. The van der Waals surface area contributed by atoms with E-state index < -0.39 is 0 Å². The van der Waals surface area contributed by atoms with Gasteiger partial charge in [0.05, 0.1) is 0 Å². The minimum atomic E-state index is -0.0327. The quantitative estimate of drug-likeness (QED) is 0.447. The summed E-state index contributed by atoms with van der Waals surface area (Å²) in [5.74, 6) is 0.631. The number of hydrogen-bond acceptors (Lipinski definition) is 4. The summed E-state index contributed by atoms with van der Waals surface area (Å²) < 4.78 is 0. The van der Waals surface area contributed by atoms with Crippen molar-refractivity contribution in [2.24, 2.45) is 5.92 Å². The summed E-state index contributed by atoms with van der Waals surface area (Å²) in [4.78, 5) is 14.8. The molecule has 180 valence electrons. The Balaban J connectivity index is 1.64. The van der Waals surface area contributed by atoms with Crippen LogP contribution in [0.1, 0.15) is 69.1 Å². The largest absolute Gasteiger partial charge is 0.508 e. The number of aromatic hydroxyl groups is 1. The second kappa shape index (κ2) is 10.2. The van der Waals surface area contributed by atoms with Gasteiger partial charge in [-0.25, -0.2) is 0 Å². The lowest BCUT2D eigenvalue weighted by Crippen LogP contribution is -2.30. The Hall–Kier alpha value is -2.85. The number of allylic oxidation sites excluding steroid dienone is 4. The molecule has 4 heteroatoms. The van der Waals surface area contributed by atoms with Gasteiger partial charge < -0.3 is 15.3 Å². The molecule has 1 saturated heterocycles. The molecule has 2 N–H and O–H groups in total. The number of phenolic OH excluding ortho intramolecular Hbond substituents is 1. The summed E-state index contributed by atoms with van der Waals surface area (Å²) >= 11 is 0. The fourth-order valence-electron chi connectivity index (χ4n) is 5.47. The van der Waals surface area contributed by atoms with Gasteiger partial charge in [0.15, 0.2) is 0 Å². The van der Waals surface area contributed by atoms with Crippen LogP contribution in [0.4, 0.5) is 0 Å². The molecule has 4 nitrogen and oxygen atoms in total. The minimum absolute atomic E-state index is 0.0327. The van der Waals surface area contributed by atoms with Crippen LogP contribution in [0.2, 0.25) is 0 Å². The highest BCUT2D eigenvalue weighted by Gasteiger charge is 2.37. The number of benzene rings is 1. The van der Waals surface area contributed by atoms with Gasteiger partial charge in [0.25, 0.3) is 0 Å². The van der Waals surface area contributed by atoms with Gasteiger partial charge >= 0.3 is 0 Å². The number of rotatable bonds is 8. The van der Waals surface area contributed by atoms with E-state index in [0.717, 1.165) is 70.6 Å². The molecule has 2 aliphatic heterocycles. The van der Waals surface area contributed by atoms with Gasteiger partial charge in [-0.3, -0.25) is 4.79 Å². The smallest absolute Gasteiger partial charge is 0.140 e. The van der Waals surface area contributed by atoms with Crippen molar-refractivity contribution in [3.63, 3.8) is 0 Å². The van der Waals surface area contributed by atoms with Gasteiger partial charge in [-0.15, -0.1) is 0 Å². The van der Waals surface area contributed by atoms with Gasteiger partial charge in [0.1, 0.15) is 11.5 Å². The standard InChI is InChI=1S/C30H38N2O2/c1-6-8-9-14-31-17-27-25(19(3)10-12-30(27)34)15-22-18-32-21(5)24-11-13-29(33)23(7-2)26(24)16-28(32)20(22)4/h10,12,15-16,23,31,34H,4-9,11,13-14,17-18H2,1-3H3/b22-15-. The van der Waals surface area contributed by atoms with Crippen molar-refractivity contribution in [2.45, 2.75) is 65.8 Å². The SMILES string of the molecule is C=C1C2=CC3=C(CCC(=O)C3CC)C(=C)N2C/C1=C/c1c(C)ccc(O)c1CNCCCCC. The first kappa shape index (κ1) is 24.3. The van der Waals surface area contributed by atoms with Gasteiger partial charge in [0, 0.05) is 42.4 Å². The molecule has 2 heterocycles. The third-order valence-corrected chi connectivity index (χ3v) is 7.55. The number of carbonyl (C=O) groups excluding carboxylic acids is 1. The molecule has 0 saturated carbocycles. The first-order valence-electron chi connectivity index (χ1n) is 12.7. The predicted octanol–water partition coefficient (Wildman–Crippen LogP) is 6.33. The molecule has 4 rings (SSSR count). The monoisotopic (exact) mass is 458 g/mol. The zero-order chi connectivity index (χ0) is 24.4. The van der Waals surface area contributed by atoms with Crippen LogP contribution in [0.3, 0.4) is 0 Å². The van der Waals surface area contributed by atoms with E-state index in [2.05, 4.69) is 56.3 Å². The van der Waals surface area contributed by atoms with Gasteiger partial charge in [-0.1, -0.05) is 45.9 Å². The van der Waals surface area contributed by atoms with Crippen LogP contribution < -0.4 is 5.32 Å². The molecule has 1 aliphatic carbocycles. The highest BCUT2D eigenvalue weighted by Crippen LogP contribution is 2.46. The third-order valence-electron chi connectivity index (χ3n) is 7.55. The Morgan fingerprint density at radius 3 is 2.74 bits per heavy atom. The average Bonchev–Trinajstić information content (AvgIpc) is 3.13. The maximum Gasteiger partial charge on any atom is 0.140 e. The minimum Gasteiger partial charge on any atom is -0.508 e. The van der Waals surface area contributed by atoms with Crippen LogP contribution in [0, 0.1) is 12.8 Å². The number of fused-ring (bicyclic) bond motifs is 1. The zero-order valence-electron chi connectivity index (χ0n) is 21.0. The zero-order valence-corrected chi connectivity index (χ0v) is 21.0. The molecule has 1 aromatic carbocycles. The Morgan fingerprint density at radius 1 is 1.21 bits per heavy atom. The van der Waals surface area contributed by atoms with E-state index in [0.29, 0.717) is 31.0 Å². The van der Waals surface area contributed by atoms with Crippen molar-refractivity contribution in [1.29, 1.82) is 0 Å². The summed E-state index contributed by atoms with van der Waals surface area (Å²) in [5.41, 5.74) is 9.67. The van der Waals surface area contributed by atoms with Crippen molar-refractivity contribution >= 4 is 11.9 Å². The van der Waals surface area contributed by atoms with Crippen molar-refractivity contribution in [3.8, 4) is 5.75 Å². The van der Waals surface area contributed by atoms with Gasteiger partial charge in [0.2, 0.25) is 0 Å². The van der Waals surface area contributed by atoms with E-state index in [1.54, 1.807) is 6.07 Å². The number of nitrogens with zero attached hydrogens (tertiary/aromatic N) is 1. The number of aryl methyl sites for hydroxylation is 1. The first-order chi connectivity index (χ1) is 16.4. The average molecular weight is 459 g/mol. The predicted molar refractivity (Wildman–Crippen MR) is 140 cm³/mol. The molecule has 0 radical (unpaired) electrons. The third kappa shape index (κ3) is 4.44. The molecule has 0 spiro atoms. The van der Waals surface area contributed by atoms with Crippen molar-refractivity contribution in [3.05, 3.63) is 81.7 Å².